The van der Waals surface area contributed by atoms with E-state index in [9.17, 15) is 9.59 Å². The summed E-state index contributed by atoms with van der Waals surface area (Å²) < 4.78 is 1.75. The van der Waals surface area contributed by atoms with Crippen LogP contribution in [0.15, 0.2) is 48.8 Å². The van der Waals surface area contributed by atoms with Gasteiger partial charge in [-0.1, -0.05) is 51.1 Å². The van der Waals surface area contributed by atoms with Gasteiger partial charge in [-0.2, -0.15) is 5.10 Å². The number of nitrogens with zero attached hydrogens (tertiary/aromatic N) is 2. The van der Waals surface area contributed by atoms with Crippen LogP contribution < -0.4 is 16.4 Å². The van der Waals surface area contributed by atoms with E-state index in [-0.39, 0.29) is 16.9 Å². The van der Waals surface area contributed by atoms with E-state index < -0.39 is 12.0 Å². The van der Waals surface area contributed by atoms with Crippen LogP contribution in [0.2, 0.25) is 0 Å². The van der Waals surface area contributed by atoms with Crippen molar-refractivity contribution < 1.29 is 14.7 Å². The Morgan fingerprint density at radius 1 is 1.22 bits per heavy atom. The van der Waals surface area contributed by atoms with E-state index in [1.165, 1.54) is 6.20 Å². The molecule has 2 heterocycles. The molecule has 168 valence electrons. The van der Waals surface area contributed by atoms with Crippen molar-refractivity contribution in [3.05, 3.63) is 54.4 Å². The lowest BCUT2D eigenvalue weighted by Crippen LogP contribution is -2.47. The maximum absolute atomic E-state index is 12.2. The predicted molar refractivity (Wildman–Crippen MR) is 124 cm³/mol. The highest BCUT2D eigenvalue weighted by atomic mass is 16.4. The van der Waals surface area contributed by atoms with Gasteiger partial charge in [-0.15, -0.1) is 0 Å². The van der Waals surface area contributed by atoms with Crippen molar-refractivity contribution in [1.29, 1.82) is 0 Å². The van der Waals surface area contributed by atoms with Crippen molar-refractivity contribution >= 4 is 23.2 Å². The zero-order valence-electron chi connectivity index (χ0n) is 18.6. The number of aromatic nitrogens is 2. The monoisotopic (exact) mass is 435 g/mol. The van der Waals surface area contributed by atoms with Crippen LogP contribution in [-0.4, -0.2) is 39.3 Å². The molecule has 1 saturated carbocycles. The number of nitrogens with one attached hydrogen (secondary N) is 2. The Labute approximate surface area is 186 Å². The minimum Gasteiger partial charge on any atom is -0.465 e. The molecule has 8 nitrogen and oxygen atoms in total. The first-order valence-corrected chi connectivity index (χ1v) is 10.7. The van der Waals surface area contributed by atoms with E-state index in [4.69, 9.17) is 10.8 Å². The Morgan fingerprint density at radius 2 is 1.94 bits per heavy atom. The quantitative estimate of drug-likeness (QED) is 0.467. The Bertz CT molecular complexity index is 1170. The third-order valence-corrected chi connectivity index (χ3v) is 7.37. The lowest BCUT2D eigenvalue weighted by atomic mass is 9.67. The van der Waals surface area contributed by atoms with Gasteiger partial charge in [0.2, 0.25) is 0 Å². The molecule has 1 aliphatic rings. The molecule has 0 unspecified atom stereocenters. The van der Waals surface area contributed by atoms with Crippen LogP contribution in [0, 0.1) is 10.8 Å². The lowest BCUT2D eigenvalue weighted by Gasteiger charge is -2.42. The van der Waals surface area contributed by atoms with Gasteiger partial charge < -0.3 is 21.5 Å². The van der Waals surface area contributed by atoms with Crippen LogP contribution in [0.3, 0.4) is 0 Å². The molecule has 4 rings (SSSR count). The smallest absolute Gasteiger partial charge is 0.404 e. The van der Waals surface area contributed by atoms with E-state index >= 15 is 0 Å². The number of rotatable bonds is 6. The van der Waals surface area contributed by atoms with Crippen LogP contribution >= 0.6 is 0 Å². The summed E-state index contributed by atoms with van der Waals surface area (Å²) in [6.07, 6.45) is 4.10. The van der Waals surface area contributed by atoms with Gasteiger partial charge >= 0.3 is 6.09 Å². The fourth-order valence-electron chi connectivity index (χ4n) is 4.76. The Morgan fingerprint density at radius 3 is 2.59 bits per heavy atom. The Hall–Kier alpha value is -3.55. The molecule has 2 amide bonds. The van der Waals surface area contributed by atoms with Gasteiger partial charge in [0.1, 0.15) is 0 Å². The molecule has 1 fully saturated rings. The third-order valence-electron chi connectivity index (χ3n) is 7.37. The molecule has 0 aliphatic heterocycles. The normalized spacial score (nSPS) is 22.0. The molecule has 3 aromatic rings. The molecule has 5 N–H and O–H groups in total. The fraction of sp³-hybridized carbons (Fsp3) is 0.375. The molecule has 0 saturated heterocycles. The largest absolute Gasteiger partial charge is 0.465 e. The average Bonchev–Trinajstić information content (AvgIpc) is 3.28. The third kappa shape index (κ3) is 3.66. The first-order chi connectivity index (χ1) is 15.1. The molecule has 0 bridgehead atoms. The fourth-order valence-corrected chi connectivity index (χ4v) is 4.76. The van der Waals surface area contributed by atoms with Gasteiger partial charge in [-0.3, -0.25) is 4.79 Å². The number of carbonyl (C=O) groups is 2. The number of primary amides is 1. The van der Waals surface area contributed by atoms with E-state index in [0.717, 1.165) is 29.5 Å². The number of carbonyl (C=O) groups excluding carboxylic acids is 1. The van der Waals surface area contributed by atoms with E-state index in [1.54, 1.807) is 4.52 Å². The second kappa shape index (κ2) is 7.85. The van der Waals surface area contributed by atoms with E-state index in [1.807, 2.05) is 42.6 Å². The molecule has 0 radical (unpaired) electrons. The minimum atomic E-state index is -1.02. The zero-order chi connectivity index (χ0) is 23.1. The van der Waals surface area contributed by atoms with Crippen LogP contribution in [0.4, 0.5) is 10.5 Å². The molecule has 8 heteroatoms. The molecule has 2 atom stereocenters. The summed E-state index contributed by atoms with van der Waals surface area (Å²) in [5.74, 6) is -0.545. The number of amides is 2. The molecule has 1 aromatic carbocycles. The Balaban J connectivity index is 1.73. The summed E-state index contributed by atoms with van der Waals surface area (Å²) in [5.41, 5.74) is 9.01. The summed E-state index contributed by atoms with van der Waals surface area (Å²) in [6.45, 7) is 6.74. The van der Waals surface area contributed by atoms with Crippen molar-refractivity contribution in [2.45, 2.75) is 39.7 Å². The van der Waals surface area contributed by atoms with Crippen molar-refractivity contribution in [2.24, 2.45) is 16.6 Å². The maximum atomic E-state index is 12.2. The van der Waals surface area contributed by atoms with Gasteiger partial charge in [-0.05, 0) is 35.3 Å². The molecule has 2 aromatic heterocycles. The summed E-state index contributed by atoms with van der Waals surface area (Å²) >= 11 is 0. The number of carboxylic acid groups (broad SMARTS) is 1. The molecule has 1 aliphatic carbocycles. The predicted octanol–water partition coefficient (Wildman–Crippen LogP) is 3.97. The van der Waals surface area contributed by atoms with Crippen molar-refractivity contribution in [3.8, 4) is 11.1 Å². The van der Waals surface area contributed by atoms with Gasteiger partial charge in [0, 0.05) is 24.3 Å². The summed E-state index contributed by atoms with van der Waals surface area (Å²) in [5, 5.41) is 19.6. The van der Waals surface area contributed by atoms with Gasteiger partial charge in [0.05, 0.1) is 23.0 Å². The number of hydrogen-bond acceptors (Lipinski definition) is 4. The second-order valence-corrected chi connectivity index (χ2v) is 9.40. The lowest BCUT2D eigenvalue weighted by molar-refractivity contribution is 0.0999. The van der Waals surface area contributed by atoms with Crippen LogP contribution in [-0.2, 0) is 0 Å². The number of benzene rings is 1. The van der Waals surface area contributed by atoms with Crippen LogP contribution in [0.5, 0.6) is 0 Å². The zero-order valence-corrected chi connectivity index (χ0v) is 18.6. The number of anilines is 1. The topological polar surface area (TPSA) is 122 Å². The molecular weight excluding hydrogens is 406 g/mol. The first kappa shape index (κ1) is 21.7. The maximum Gasteiger partial charge on any atom is 0.404 e. The van der Waals surface area contributed by atoms with E-state index in [2.05, 4.69) is 36.5 Å². The summed E-state index contributed by atoms with van der Waals surface area (Å²) in [6, 6.07) is 12.0. The molecular formula is C24H29N5O3. The van der Waals surface area contributed by atoms with Crippen LogP contribution in [0.1, 0.15) is 44.0 Å². The number of fused-ring (bicyclic) bond motifs is 1. The first-order valence-electron chi connectivity index (χ1n) is 10.7. The van der Waals surface area contributed by atoms with Crippen molar-refractivity contribution in [1.82, 2.24) is 14.9 Å². The van der Waals surface area contributed by atoms with Gasteiger partial charge in [0.25, 0.3) is 5.91 Å². The average molecular weight is 436 g/mol. The van der Waals surface area contributed by atoms with E-state index in [0.29, 0.717) is 17.8 Å². The highest BCUT2D eigenvalue weighted by Gasteiger charge is 2.51. The highest BCUT2D eigenvalue weighted by molar-refractivity contribution is 6.02. The highest BCUT2D eigenvalue weighted by Crippen LogP contribution is 2.53. The number of hydrogen-bond donors (Lipinski definition) is 4. The van der Waals surface area contributed by atoms with Crippen molar-refractivity contribution in [2.75, 3.05) is 11.9 Å². The number of nitrogens with two attached hydrogens (primary N) is 1. The Kier molecular flexibility index (Phi) is 5.32. The van der Waals surface area contributed by atoms with Crippen LogP contribution in [0.25, 0.3) is 16.6 Å². The van der Waals surface area contributed by atoms with Gasteiger partial charge in [-0.25, -0.2) is 9.31 Å². The SMILES string of the molecule is CC1(C)[C@@H](Nc2c(C(N)=O)cnn3cc(-c4ccccc4)cc23)CC[C@]1(C)CNC(=O)O. The molecule has 32 heavy (non-hydrogen) atoms. The minimum absolute atomic E-state index is 0.0162. The standard InChI is InChI=1S/C24H29N5O3/c1-23(2)19(9-10-24(23,3)14-26-22(31)32)28-20-17(21(25)30)12-27-29-13-16(11-18(20)29)15-7-5-4-6-8-15/h4-8,11-13,19,26,28H,9-10,14H2,1-3H3,(H2,25,30)(H,31,32)/t19-,24+/m0/s1. The van der Waals surface area contributed by atoms with Gasteiger partial charge in [0.15, 0.2) is 0 Å². The summed E-state index contributed by atoms with van der Waals surface area (Å²) in [4.78, 5) is 23.3. The summed E-state index contributed by atoms with van der Waals surface area (Å²) in [7, 11) is 0. The second-order valence-electron chi connectivity index (χ2n) is 9.40. The van der Waals surface area contributed by atoms with Crippen molar-refractivity contribution in [3.63, 3.8) is 0 Å². The molecule has 0 spiro atoms.